The molecule has 0 saturated carbocycles. The molecule has 1 aromatic heterocycles. The molecule has 0 bridgehead atoms. The minimum absolute atomic E-state index is 0.0409. The summed E-state index contributed by atoms with van der Waals surface area (Å²) in [7, 11) is -4.19. The quantitative estimate of drug-likeness (QED) is 0.584. The van der Waals surface area contributed by atoms with E-state index < -0.39 is 15.9 Å². The highest BCUT2D eigenvalue weighted by Crippen LogP contribution is 2.29. The number of ketones is 1. The molecule has 1 aliphatic carbocycles. The number of rotatable bonds is 4. The van der Waals surface area contributed by atoms with Gasteiger partial charge in [0.25, 0.3) is 5.88 Å². The highest BCUT2D eigenvalue weighted by atomic mass is 32.2. The van der Waals surface area contributed by atoms with Gasteiger partial charge in [0, 0.05) is 22.8 Å². The van der Waals surface area contributed by atoms with Crippen LogP contribution in [0.15, 0.2) is 74.8 Å². The van der Waals surface area contributed by atoms with Gasteiger partial charge in [-0.3, -0.25) is 4.79 Å². The number of fused-ring (bicyclic) bond motifs is 1. The summed E-state index contributed by atoms with van der Waals surface area (Å²) in [6.07, 6.45) is 1.31. The number of benzene rings is 2. The average molecular weight is 422 g/mol. The predicted octanol–water partition coefficient (Wildman–Crippen LogP) is 4.21. The molecule has 4 rings (SSSR count). The molecule has 1 aliphatic rings. The summed E-state index contributed by atoms with van der Waals surface area (Å²) in [5.74, 6) is -0.587. The Morgan fingerprint density at radius 3 is 2.27 bits per heavy atom. The lowest BCUT2D eigenvalue weighted by Crippen LogP contribution is -2.21. The van der Waals surface area contributed by atoms with Gasteiger partial charge < -0.3 is 8.71 Å². The monoisotopic (exact) mass is 422 g/mol. The first kappa shape index (κ1) is 19.8. The third-order valence-corrected chi connectivity index (χ3v) is 6.05. The number of carbonyl (C=O) groups is 1. The molecule has 30 heavy (non-hydrogen) atoms. The van der Waals surface area contributed by atoms with Crippen molar-refractivity contribution < 1.29 is 21.9 Å². The fourth-order valence-corrected chi connectivity index (χ4v) is 3.87. The van der Waals surface area contributed by atoms with Gasteiger partial charge in [-0.15, -0.1) is 0 Å². The van der Waals surface area contributed by atoms with Gasteiger partial charge in [0.1, 0.15) is 4.90 Å². The topological polar surface area (TPSA) is 98.8 Å². The maximum Gasteiger partial charge on any atom is 0.339 e. The van der Waals surface area contributed by atoms with Crippen molar-refractivity contribution in [2.24, 2.45) is 4.99 Å². The minimum Gasteiger partial charge on any atom is -0.375 e. The molecular formula is C22H18N2O5S. The van der Waals surface area contributed by atoms with Crippen LogP contribution in [0.1, 0.15) is 32.7 Å². The second kappa shape index (κ2) is 7.38. The zero-order valence-electron chi connectivity index (χ0n) is 16.5. The zero-order valence-corrected chi connectivity index (χ0v) is 17.4. The van der Waals surface area contributed by atoms with Crippen molar-refractivity contribution in [2.75, 3.05) is 0 Å². The van der Waals surface area contributed by atoms with Crippen LogP contribution >= 0.6 is 0 Å². The Hall–Kier alpha value is -3.52. The van der Waals surface area contributed by atoms with E-state index in [1.54, 1.807) is 43.3 Å². The van der Waals surface area contributed by atoms with Gasteiger partial charge in [-0.2, -0.15) is 8.42 Å². The Kier molecular flexibility index (Phi) is 4.87. The van der Waals surface area contributed by atoms with Crippen molar-refractivity contribution in [3.63, 3.8) is 0 Å². The van der Waals surface area contributed by atoms with Crippen molar-refractivity contribution in [2.45, 2.75) is 25.7 Å². The molecule has 152 valence electrons. The average Bonchev–Trinajstić information content (AvgIpc) is 3.04. The number of aromatic nitrogens is 1. The number of hydrogen-bond acceptors (Lipinski definition) is 7. The summed E-state index contributed by atoms with van der Waals surface area (Å²) in [4.78, 5) is 17.3. The van der Waals surface area contributed by atoms with Crippen LogP contribution in [-0.4, -0.2) is 25.1 Å². The molecule has 0 spiro atoms. The third-order valence-electron chi connectivity index (χ3n) is 4.80. The Balaban J connectivity index is 1.80. The summed E-state index contributed by atoms with van der Waals surface area (Å²) in [5.41, 5.74) is 3.54. The van der Waals surface area contributed by atoms with Gasteiger partial charge in [-0.05, 0) is 32.9 Å². The van der Waals surface area contributed by atoms with E-state index in [4.69, 9.17) is 8.71 Å². The van der Waals surface area contributed by atoms with Crippen LogP contribution in [0.5, 0.6) is 0 Å². The van der Waals surface area contributed by atoms with Crippen molar-refractivity contribution in [3.8, 4) is 0 Å². The Labute approximate surface area is 173 Å². The van der Waals surface area contributed by atoms with Crippen molar-refractivity contribution in [1.82, 2.24) is 5.16 Å². The van der Waals surface area contributed by atoms with E-state index in [-0.39, 0.29) is 16.5 Å². The Morgan fingerprint density at radius 1 is 0.967 bits per heavy atom. The molecule has 0 saturated heterocycles. The normalized spacial score (nSPS) is 15.1. The van der Waals surface area contributed by atoms with Gasteiger partial charge in [0.15, 0.2) is 5.76 Å². The lowest BCUT2D eigenvalue weighted by molar-refractivity contribution is 0.0986. The van der Waals surface area contributed by atoms with Crippen molar-refractivity contribution in [3.05, 3.63) is 88.3 Å². The first-order chi connectivity index (χ1) is 14.3. The number of hydrogen-bond donors (Lipinski definition) is 0. The number of nitrogens with zero attached hydrogens (tertiary/aromatic N) is 2. The highest BCUT2D eigenvalue weighted by molar-refractivity contribution is 7.86. The number of Topliss-reactive ketones (excluding diaryl/α,β-unsaturated/α-hetero) is 1. The summed E-state index contributed by atoms with van der Waals surface area (Å²) >= 11 is 0. The third kappa shape index (κ3) is 3.57. The van der Waals surface area contributed by atoms with Crippen molar-refractivity contribution in [1.29, 1.82) is 0 Å². The maximum absolute atomic E-state index is 12.9. The summed E-state index contributed by atoms with van der Waals surface area (Å²) in [6.45, 7) is 5.45. The number of carbonyl (C=O) groups excluding carboxylic acids is 1. The van der Waals surface area contributed by atoms with E-state index in [2.05, 4.69) is 10.1 Å². The van der Waals surface area contributed by atoms with Crippen LogP contribution in [-0.2, 0) is 14.3 Å². The predicted molar refractivity (Wildman–Crippen MR) is 110 cm³/mol. The molecule has 1 heterocycles. The van der Waals surface area contributed by atoms with E-state index in [1.807, 2.05) is 13.8 Å². The molecule has 0 radical (unpaired) electrons. The highest BCUT2D eigenvalue weighted by Gasteiger charge is 2.30. The maximum atomic E-state index is 12.9. The Morgan fingerprint density at radius 2 is 1.63 bits per heavy atom. The van der Waals surface area contributed by atoms with Gasteiger partial charge in [0.05, 0.1) is 11.4 Å². The molecule has 0 amide bonds. The summed E-state index contributed by atoms with van der Waals surface area (Å²) in [5, 5.41) is 3.88. The lowest BCUT2D eigenvalue weighted by Gasteiger charge is -2.17. The van der Waals surface area contributed by atoms with Gasteiger partial charge in [-0.25, -0.2) is 4.99 Å². The standard InChI is InChI=1S/C22H18N2O5S/c1-13-8-10-16(11-9-13)30(26,27)29-20-12-19(23-22-14(2)15(3)24-28-22)17-6-4-5-7-18(17)21(20)25/h4-12H,1-3H3/b23-19+. The van der Waals surface area contributed by atoms with Crippen LogP contribution in [0.4, 0.5) is 5.88 Å². The number of aliphatic imine (C=N–C) groups is 1. The lowest BCUT2D eigenvalue weighted by atomic mass is 9.93. The SMILES string of the molecule is Cc1ccc(S(=O)(=O)OC2=C/C(=N\c3onc(C)c3C)c3ccccc3C2=O)cc1. The van der Waals surface area contributed by atoms with E-state index >= 15 is 0 Å². The summed E-state index contributed by atoms with van der Waals surface area (Å²) < 4.78 is 35.9. The molecule has 0 atom stereocenters. The molecule has 0 unspecified atom stereocenters. The number of allylic oxidation sites excluding steroid dienone is 2. The molecule has 0 fully saturated rings. The zero-order chi connectivity index (χ0) is 21.5. The van der Waals surface area contributed by atoms with Gasteiger partial charge in [-0.1, -0.05) is 47.1 Å². The fraction of sp³-hybridized carbons (Fsp3) is 0.136. The second-order valence-electron chi connectivity index (χ2n) is 6.93. The number of aryl methyl sites for hydroxylation is 2. The van der Waals surface area contributed by atoms with Crippen molar-refractivity contribution >= 4 is 27.5 Å². The molecule has 0 aliphatic heterocycles. The van der Waals surface area contributed by atoms with Crippen LogP contribution in [0.2, 0.25) is 0 Å². The van der Waals surface area contributed by atoms with Crippen LogP contribution in [0, 0.1) is 20.8 Å². The van der Waals surface area contributed by atoms with Gasteiger partial charge >= 0.3 is 10.1 Å². The largest absolute Gasteiger partial charge is 0.375 e. The molecule has 7 nitrogen and oxygen atoms in total. The molecule has 2 aromatic carbocycles. The van der Waals surface area contributed by atoms with Crippen LogP contribution in [0.25, 0.3) is 0 Å². The second-order valence-corrected chi connectivity index (χ2v) is 8.48. The molecule has 3 aromatic rings. The van der Waals surface area contributed by atoms with E-state index in [0.29, 0.717) is 22.5 Å². The van der Waals surface area contributed by atoms with Gasteiger partial charge in [0.2, 0.25) is 5.78 Å². The fourth-order valence-electron chi connectivity index (χ4n) is 2.95. The van der Waals surface area contributed by atoms with E-state index in [0.717, 1.165) is 11.1 Å². The first-order valence-electron chi connectivity index (χ1n) is 9.15. The smallest absolute Gasteiger partial charge is 0.339 e. The van der Waals surface area contributed by atoms with E-state index in [9.17, 15) is 13.2 Å². The first-order valence-corrected chi connectivity index (χ1v) is 10.6. The molecule has 0 N–H and O–H groups in total. The summed E-state index contributed by atoms with van der Waals surface area (Å²) in [6, 6.07) is 13.0. The van der Waals surface area contributed by atoms with E-state index in [1.165, 1.54) is 18.2 Å². The van der Waals surface area contributed by atoms with Crippen LogP contribution in [0.3, 0.4) is 0 Å². The molecular weight excluding hydrogens is 404 g/mol. The molecule has 8 heteroatoms. The van der Waals surface area contributed by atoms with Crippen LogP contribution < -0.4 is 0 Å². The minimum atomic E-state index is -4.19. The Bertz CT molecular complexity index is 1320.